The third kappa shape index (κ3) is 4.42. The average Bonchev–Trinajstić information content (AvgIpc) is 2.85. The highest BCUT2D eigenvalue weighted by Crippen LogP contribution is 2.30. The zero-order chi connectivity index (χ0) is 15.6. The van der Waals surface area contributed by atoms with Crippen LogP contribution in [0.4, 0.5) is 0 Å². The Balaban J connectivity index is 0.00000242. The molecule has 1 fully saturated rings. The molecule has 2 rings (SSSR count). The van der Waals surface area contributed by atoms with Gasteiger partial charge in [-0.2, -0.15) is 0 Å². The lowest BCUT2D eigenvalue weighted by molar-refractivity contribution is -0.137. The molecule has 0 spiro atoms. The summed E-state index contributed by atoms with van der Waals surface area (Å²) in [6.45, 7) is 5.82. The second-order valence-corrected chi connectivity index (χ2v) is 6.67. The molecule has 0 saturated carbocycles. The van der Waals surface area contributed by atoms with E-state index in [0.717, 1.165) is 13.0 Å². The molecule has 124 valence electrons. The Morgan fingerprint density at radius 2 is 2.14 bits per heavy atom. The molecule has 2 N–H and O–H groups in total. The lowest BCUT2D eigenvalue weighted by atomic mass is 9.90. The highest BCUT2D eigenvalue weighted by atomic mass is 35.5. The fourth-order valence-electron chi connectivity index (χ4n) is 2.44. The van der Waals surface area contributed by atoms with Crippen molar-refractivity contribution >= 4 is 41.5 Å². The van der Waals surface area contributed by atoms with Crippen LogP contribution in [0.2, 0.25) is 10.0 Å². The van der Waals surface area contributed by atoms with Gasteiger partial charge in [0.15, 0.2) is 6.10 Å². The first kappa shape index (κ1) is 19.4. The van der Waals surface area contributed by atoms with Crippen molar-refractivity contribution in [3.05, 3.63) is 28.2 Å². The minimum atomic E-state index is -0.567. The van der Waals surface area contributed by atoms with Crippen molar-refractivity contribution in [2.75, 3.05) is 19.6 Å². The van der Waals surface area contributed by atoms with Crippen molar-refractivity contribution < 1.29 is 9.53 Å². The van der Waals surface area contributed by atoms with Crippen LogP contribution in [0.5, 0.6) is 5.75 Å². The van der Waals surface area contributed by atoms with Gasteiger partial charge >= 0.3 is 0 Å². The summed E-state index contributed by atoms with van der Waals surface area (Å²) in [4.78, 5) is 14.2. The molecule has 4 nitrogen and oxygen atoms in total. The first-order valence-corrected chi connectivity index (χ1v) is 7.71. The highest BCUT2D eigenvalue weighted by Gasteiger charge is 2.36. The summed E-state index contributed by atoms with van der Waals surface area (Å²) in [6, 6.07) is 4.96. The monoisotopic (exact) mass is 366 g/mol. The van der Waals surface area contributed by atoms with Crippen LogP contribution >= 0.6 is 35.6 Å². The number of ether oxygens (including phenoxy) is 1. The van der Waals surface area contributed by atoms with Crippen molar-refractivity contribution in [2.24, 2.45) is 11.1 Å². The minimum Gasteiger partial charge on any atom is -0.481 e. The number of amides is 1. The normalized spacial score (nSPS) is 22.1. The Bertz CT molecular complexity index is 542. The molecular weight excluding hydrogens is 347 g/mol. The Labute approximate surface area is 147 Å². The first-order chi connectivity index (χ1) is 9.84. The number of nitrogens with zero attached hydrogens (tertiary/aromatic N) is 1. The van der Waals surface area contributed by atoms with E-state index in [1.54, 1.807) is 25.1 Å². The summed E-state index contributed by atoms with van der Waals surface area (Å²) in [7, 11) is 0. The molecule has 1 aromatic carbocycles. The van der Waals surface area contributed by atoms with Gasteiger partial charge in [-0.05, 0) is 37.4 Å². The van der Waals surface area contributed by atoms with Crippen molar-refractivity contribution in [2.45, 2.75) is 26.4 Å². The van der Waals surface area contributed by atoms with E-state index in [1.165, 1.54) is 0 Å². The highest BCUT2D eigenvalue weighted by molar-refractivity contribution is 6.42. The zero-order valence-corrected chi connectivity index (χ0v) is 15.0. The van der Waals surface area contributed by atoms with Crippen molar-refractivity contribution in [3.63, 3.8) is 0 Å². The first-order valence-electron chi connectivity index (χ1n) is 6.95. The van der Waals surface area contributed by atoms with Crippen LogP contribution in [-0.4, -0.2) is 36.5 Å². The van der Waals surface area contributed by atoms with Crippen LogP contribution in [0, 0.1) is 5.41 Å². The number of hydrogen-bond donors (Lipinski definition) is 1. The Morgan fingerprint density at radius 1 is 1.45 bits per heavy atom. The lowest BCUT2D eigenvalue weighted by Gasteiger charge is -2.25. The maximum atomic E-state index is 12.4. The quantitative estimate of drug-likeness (QED) is 0.887. The fraction of sp³-hybridized carbons (Fsp3) is 0.533. The Hall–Kier alpha value is -0.680. The number of likely N-dealkylation sites (tertiary alicyclic amines) is 1. The van der Waals surface area contributed by atoms with E-state index in [4.69, 9.17) is 33.7 Å². The molecule has 1 amide bonds. The van der Waals surface area contributed by atoms with Crippen molar-refractivity contribution in [1.82, 2.24) is 4.90 Å². The van der Waals surface area contributed by atoms with E-state index in [0.29, 0.717) is 28.9 Å². The Morgan fingerprint density at radius 3 is 2.68 bits per heavy atom. The second-order valence-electron chi connectivity index (χ2n) is 5.86. The van der Waals surface area contributed by atoms with Crippen LogP contribution in [0.25, 0.3) is 0 Å². The summed E-state index contributed by atoms with van der Waals surface area (Å²) in [5.41, 5.74) is 5.78. The van der Waals surface area contributed by atoms with Crippen LogP contribution in [-0.2, 0) is 4.79 Å². The van der Waals surface area contributed by atoms with Crippen molar-refractivity contribution in [3.8, 4) is 5.75 Å². The van der Waals surface area contributed by atoms with Crippen LogP contribution in [0.1, 0.15) is 20.3 Å². The molecule has 22 heavy (non-hydrogen) atoms. The van der Waals surface area contributed by atoms with Crippen molar-refractivity contribution in [1.29, 1.82) is 0 Å². The van der Waals surface area contributed by atoms with E-state index < -0.39 is 6.10 Å². The zero-order valence-electron chi connectivity index (χ0n) is 12.6. The molecule has 1 aromatic rings. The van der Waals surface area contributed by atoms with Gasteiger partial charge in [-0.3, -0.25) is 4.79 Å². The molecule has 0 bridgehead atoms. The van der Waals surface area contributed by atoms with Gasteiger partial charge in [-0.15, -0.1) is 12.4 Å². The average molecular weight is 368 g/mol. The summed E-state index contributed by atoms with van der Waals surface area (Å²) in [5.74, 6) is 0.504. The molecule has 2 unspecified atom stereocenters. The third-order valence-electron chi connectivity index (χ3n) is 3.91. The predicted molar refractivity (Wildman–Crippen MR) is 92.2 cm³/mol. The Kier molecular flexibility index (Phi) is 6.81. The standard InChI is InChI=1S/C15H20Cl2N2O2.ClH/c1-10(21-11-3-4-12(16)13(17)7-11)14(20)19-6-5-15(2,8-18)9-19;/h3-4,7,10H,5-6,8-9,18H2,1-2H3;1H. The number of nitrogens with two attached hydrogens (primary N) is 1. The van der Waals surface area contributed by atoms with Gasteiger partial charge in [0.05, 0.1) is 10.0 Å². The molecule has 1 heterocycles. The molecule has 0 radical (unpaired) electrons. The number of halogens is 3. The van der Waals surface area contributed by atoms with Crippen LogP contribution in [0.15, 0.2) is 18.2 Å². The van der Waals surface area contributed by atoms with Gasteiger partial charge < -0.3 is 15.4 Å². The fourth-order valence-corrected chi connectivity index (χ4v) is 2.73. The SMILES string of the molecule is CC(Oc1ccc(Cl)c(Cl)c1)C(=O)N1CCC(C)(CN)C1.Cl. The van der Waals surface area contributed by atoms with Gasteiger partial charge in [0.25, 0.3) is 5.91 Å². The van der Waals surface area contributed by atoms with E-state index in [-0.39, 0.29) is 23.7 Å². The van der Waals surface area contributed by atoms with E-state index >= 15 is 0 Å². The topological polar surface area (TPSA) is 55.6 Å². The molecular formula is C15H21Cl3N2O2. The molecule has 1 saturated heterocycles. The summed E-state index contributed by atoms with van der Waals surface area (Å²) < 4.78 is 5.66. The predicted octanol–water partition coefficient (Wildman–Crippen LogP) is 3.38. The summed E-state index contributed by atoms with van der Waals surface area (Å²) in [5, 5.41) is 0.868. The molecule has 7 heteroatoms. The minimum absolute atomic E-state index is 0. The number of carbonyl (C=O) groups excluding carboxylic acids is 1. The van der Waals surface area contributed by atoms with Crippen LogP contribution < -0.4 is 10.5 Å². The van der Waals surface area contributed by atoms with Gasteiger partial charge in [-0.1, -0.05) is 30.1 Å². The maximum Gasteiger partial charge on any atom is 0.263 e. The van der Waals surface area contributed by atoms with E-state index in [1.807, 2.05) is 4.90 Å². The number of rotatable bonds is 4. The van der Waals surface area contributed by atoms with Gasteiger partial charge in [0.1, 0.15) is 5.75 Å². The summed E-state index contributed by atoms with van der Waals surface area (Å²) in [6.07, 6.45) is 0.358. The molecule has 1 aliphatic rings. The molecule has 0 aliphatic carbocycles. The van der Waals surface area contributed by atoms with E-state index in [9.17, 15) is 4.79 Å². The number of carbonyl (C=O) groups is 1. The third-order valence-corrected chi connectivity index (χ3v) is 4.65. The van der Waals surface area contributed by atoms with Gasteiger partial charge in [0.2, 0.25) is 0 Å². The van der Waals surface area contributed by atoms with Crippen LogP contribution in [0.3, 0.4) is 0 Å². The second kappa shape index (κ2) is 7.73. The van der Waals surface area contributed by atoms with E-state index in [2.05, 4.69) is 6.92 Å². The van der Waals surface area contributed by atoms with Gasteiger partial charge in [-0.25, -0.2) is 0 Å². The smallest absolute Gasteiger partial charge is 0.263 e. The molecule has 2 atom stereocenters. The largest absolute Gasteiger partial charge is 0.481 e. The maximum absolute atomic E-state index is 12.4. The van der Waals surface area contributed by atoms with Gasteiger partial charge in [0, 0.05) is 19.2 Å². The number of benzene rings is 1. The molecule has 0 aromatic heterocycles. The molecule has 1 aliphatic heterocycles. The summed E-state index contributed by atoms with van der Waals surface area (Å²) >= 11 is 11.8. The lowest BCUT2D eigenvalue weighted by Crippen LogP contribution is -2.41. The number of hydrogen-bond acceptors (Lipinski definition) is 3.